The lowest BCUT2D eigenvalue weighted by Gasteiger charge is -2.42. The number of amides is 3. The van der Waals surface area contributed by atoms with Crippen LogP contribution in [0.4, 0.5) is 16.3 Å². The van der Waals surface area contributed by atoms with Crippen LogP contribution in [0, 0.1) is 6.92 Å². The van der Waals surface area contributed by atoms with Crippen LogP contribution in [0.3, 0.4) is 0 Å². The Morgan fingerprint density at radius 3 is 2.63 bits per heavy atom. The van der Waals surface area contributed by atoms with Crippen LogP contribution in [0.15, 0.2) is 73.4 Å². The number of benzene rings is 3. The Kier molecular flexibility index (Phi) is 13.0. The van der Waals surface area contributed by atoms with Crippen molar-refractivity contribution in [2.45, 2.75) is 83.5 Å². The number of aryl methyl sites for hydroxylation is 2. The Morgan fingerprint density at radius 2 is 1.84 bits per heavy atom. The van der Waals surface area contributed by atoms with Gasteiger partial charge in [-0.05, 0) is 86.4 Å². The minimum Gasteiger partial charge on any atom is -0.489 e. The van der Waals surface area contributed by atoms with Crippen molar-refractivity contribution in [2.24, 2.45) is 7.05 Å². The molecule has 2 fully saturated rings. The fourth-order valence-corrected chi connectivity index (χ4v) is 9.20. The van der Waals surface area contributed by atoms with Crippen LogP contribution in [-0.4, -0.2) is 92.5 Å². The maximum atomic E-state index is 14.3. The number of carboxylic acid groups (broad SMARTS) is 1. The van der Waals surface area contributed by atoms with Gasteiger partial charge >= 0.3 is 12.1 Å². The molecule has 328 valence electrons. The van der Waals surface area contributed by atoms with E-state index in [1.165, 1.54) is 34.4 Å². The second-order valence-corrected chi connectivity index (χ2v) is 17.0. The maximum Gasteiger partial charge on any atom is 0.416 e. The summed E-state index contributed by atoms with van der Waals surface area (Å²) in [5, 5.41) is 12.6. The highest BCUT2D eigenvalue weighted by Gasteiger charge is 2.46. The standard InChI is InChI=1S/C46H48N6O10S/c1-4-17-60-46(58)52-34-23-36(27(2)19-31(34)43(55)51-16-7-5-12-33(51)44(52)62-41-13-6-8-18-59-41)61-26-29-11-9-10-28(20-29)21-39(54)48-38-25-50(3)42(49-38)35(53)24-40-47-32-22-30(45(56)57)14-15-37(32)63-40/h4,9-11,14-15,19-20,22-23,25,33,41,44H,1,5-8,12-13,16-18,21,24,26H2,2-3H3,(H,48,54)(H,56,57)/t33-,41?,44?/m0/s1. The lowest BCUT2D eigenvalue weighted by Crippen LogP contribution is -2.57. The van der Waals surface area contributed by atoms with Gasteiger partial charge in [0.05, 0.1) is 45.9 Å². The molecule has 0 bridgehead atoms. The van der Waals surface area contributed by atoms with Gasteiger partial charge in [-0.25, -0.2) is 24.5 Å². The third kappa shape index (κ3) is 9.65. The molecular weight excluding hydrogens is 829 g/mol. The van der Waals surface area contributed by atoms with Crippen LogP contribution in [-0.2, 0) is 45.5 Å². The highest BCUT2D eigenvalue weighted by molar-refractivity contribution is 7.18. The lowest BCUT2D eigenvalue weighted by atomic mass is 10.00. The number of anilines is 2. The number of hydrogen-bond donors (Lipinski definition) is 2. The molecule has 5 aromatic rings. The van der Waals surface area contributed by atoms with Gasteiger partial charge in [0.1, 0.15) is 24.0 Å². The molecule has 2 aromatic heterocycles. The predicted octanol–water partition coefficient (Wildman–Crippen LogP) is 7.23. The molecule has 63 heavy (non-hydrogen) atoms. The van der Waals surface area contributed by atoms with Crippen LogP contribution >= 0.6 is 11.3 Å². The van der Waals surface area contributed by atoms with Crippen molar-refractivity contribution < 1.29 is 48.0 Å². The van der Waals surface area contributed by atoms with Crippen molar-refractivity contribution in [1.82, 2.24) is 19.4 Å². The topological polar surface area (TPSA) is 192 Å². The van der Waals surface area contributed by atoms with Crippen LogP contribution < -0.4 is 15.0 Å². The number of thiazole rings is 1. The number of hydrogen-bond acceptors (Lipinski definition) is 12. The Morgan fingerprint density at radius 1 is 1.02 bits per heavy atom. The number of ketones is 1. The van der Waals surface area contributed by atoms with Crippen LogP contribution in [0.1, 0.15) is 91.6 Å². The zero-order valence-corrected chi connectivity index (χ0v) is 35.9. The summed E-state index contributed by atoms with van der Waals surface area (Å²) in [5.41, 5.74) is 3.48. The Bertz CT molecular complexity index is 2580. The van der Waals surface area contributed by atoms with Gasteiger partial charge in [-0.2, -0.15) is 0 Å². The number of carboxylic acids is 1. The first-order chi connectivity index (χ1) is 30.4. The van der Waals surface area contributed by atoms with Crippen molar-refractivity contribution in [3.8, 4) is 5.75 Å². The first kappa shape index (κ1) is 43.2. The van der Waals surface area contributed by atoms with Crippen molar-refractivity contribution in [2.75, 3.05) is 30.0 Å². The number of Topliss-reactive ketones (excluding diaryl/α,β-unsaturated/α-hetero) is 1. The molecule has 0 radical (unpaired) electrons. The highest BCUT2D eigenvalue weighted by Crippen LogP contribution is 2.40. The van der Waals surface area contributed by atoms with Crippen LogP contribution in [0.5, 0.6) is 5.75 Å². The van der Waals surface area contributed by atoms with E-state index in [0.717, 1.165) is 35.9 Å². The third-order valence-corrected chi connectivity index (χ3v) is 12.3. The van der Waals surface area contributed by atoms with E-state index in [9.17, 15) is 29.1 Å². The van der Waals surface area contributed by atoms with E-state index in [4.69, 9.17) is 18.9 Å². The number of ether oxygens (including phenoxy) is 4. The number of nitrogens with zero attached hydrogens (tertiary/aromatic N) is 5. The molecule has 3 aromatic carbocycles. The average molecular weight is 877 g/mol. The van der Waals surface area contributed by atoms with Crippen molar-refractivity contribution in [3.63, 3.8) is 0 Å². The quantitative estimate of drug-likeness (QED) is 0.0842. The van der Waals surface area contributed by atoms with Crippen LogP contribution in [0.2, 0.25) is 0 Å². The summed E-state index contributed by atoms with van der Waals surface area (Å²) in [4.78, 5) is 78.2. The molecule has 3 atom stereocenters. The number of nitrogens with one attached hydrogen (secondary N) is 1. The number of aromatic nitrogens is 3. The molecule has 16 nitrogen and oxygen atoms in total. The number of fused-ring (bicyclic) bond motifs is 3. The Balaban J connectivity index is 0.954. The van der Waals surface area contributed by atoms with Gasteiger partial charge in [0, 0.05) is 32.5 Å². The van der Waals surface area contributed by atoms with E-state index in [-0.39, 0.29) is 60.9 Å². The normalized spacial score (nSPS) is 18.6. The molecule has 0 spiro atoms. The Labute approximate surface area is 367 Å². The SMILES string of the molecule is C=CCOC(=O)N1c2cc(OCc3cccc(CC(=O)Nc4cn(C)c(C(=O)Cc5nc6cc(C(=O)O)ccc6s5)n4)c3)c(C)cc2C(=O)N2CCCC[C@H]2C1OC1CCCCO1. The summed E-state index contributed by atoms with van der Waals surface area (Å²) in [6.45, 7) is 6.73. The van der Waals surface area contributed by atoms with Gasteiger partial charge in [0.15, 0.2) is 24.2 Å². The van der Waals surface area contributed by atoms with Gasteiger partial charge in [0.2, 0.25) is 11.7 Å². The van der Waals surface area contributed by atoms with Crippen molar-refractivity contribution in [1.29, 1.82) is 0 Å². The molecule has 0 aliphatic carbocycles. The number of imidazole rings is 1. The summed E-state index contributed by atoms with van der Waals surface area (Å²) in [6.07, 6.45) is 5.83. The molecule has 2 unspecified atom stereocenters. The summed E-state index contributed by atoms with van der Waals surface area (Å²) < 4.78 is 26.9. The second-order valence-electron chi connectivity index (χ2n) is 15.8. The lowest BCUT2D eigenvalue weighted by molar-refractivity contribution is -0.198. The second kappa shape index (κ2) is 18.9. The molecule has 17 heteroatoms. The van der Waals surface area contributed by atoms with E-state index in [2.05, 4.69) is 21.9 Å². The van der Waals surface area contributed by atoms with Gasteiger partial charge < -0.3 is 38.8 Å². The van der Waals surface area contributed by atoms with Gasteiger partial charge in [-0.15, -0.1) is 11.3 Å². The minimum absolute atomic E-state index is 0.0171. The van der Waals surface area contributed by atoms with E-state index in [1.54, 1.807) is 36.0 Å². The van der Waals surface area contributed by atoms with E-state index in [1.807, 2.05) is 36.1 Å². The smallest absolute Gasteiger partial charge is 0.416 e. The van der Waals surface area contributed by atoms with Crippen molar-refractivity contribution >= 4 is 62.7 Å². The number of aromatic carboxylic acids is 1. The molecule has 2 N–H and O–H groups in total. The van der Waals surface area contributed by atoms with E-state index in [0.29, 0.717) is 64.6 Å². The number of carbonyl (C=O) groups excluding carboxylic acids is 4. The fraction of sp³-hybridized carbons (Fsp3) is 0.370. The summed E-state index contributed by atoms with van der Waals surface area (Å²) in [6, 6.07) is 15.1. The van der Waals surface area contributed by atoms with Gasteiger partial charge in [0.25, 0.3) is 5.91 Å². The first-order valence-corrected chi connectivity index (χ1v) is 21.8. The minimum atomic E-state index is -1.06. The summed E-state index contributed by atoms with van der Waals surface area (Å²) >= 11 is 1.30. The van der Waals surface area contributed by atoms with Crippen molar-refractivity contribution in [3.05, 3.63) is 112 Å². The maximum absolute atomic E-state index is 14.3. The zero-order valence-electron chi connectivity index (χ0n) is 35.0. The van der Waals surface area contributed by atoms with Crippen LogP contribution in [0.25, 0.3) is 10.2 Å². The fourth-order valence-electron chi connectivity index (χ4n) is 8.25. The van der Waals surface area contributed by atoms with E-state index < -0.39 is 30.6 Å². The Hall–Kier alpha value is -6.43. The summed E-state index contributed by atoms with van der Waals surface area (Å²) in [5.74, 6) is -1.08. The predicted molar refractivity (Wildman–Crippen MR) is 233 cm³/mol. The molecule has 5 heterocycles. The molecule has 2 saturated heterocycles. The zero-order chi connectivity index (χ0) is 44.2. The number of piperidine rings is 1. The monoisotopic (exact) mass is 876 g/mol. The summed E-state index contributed by atoms with van der Waals surface area (Å²) in [7, 11) is 1.66. The third-order valence-electron chi connectivity index (χ3n) is 11.3. The number of rotatable bonds is 14. The molecule has 3 aliphatic heterocycles. The number of carbonyl (C=O) groups is 5. The molecule has 3 amide bonds. The van der Waals surface area contributed by atoms with Gasteiger partial charge in [-0.1, -0.05) is 36.9 Å². The molecular formula is C46H48N6O10S. The molecule has 3 aliphatic rings. The van der Waals surface area contributed by atoms with E-state index >= 15 is 0 Å². The largest absolute Gasteiger partial charge is 0.489 e. The molecule has 8 rings (SSSR count). The average Bonchev–Trinajstić information content (AvgIpc) is 3.84. The highest BCUT2D eigenvalue weighted by atomic mass is 32.1. The van der Waals surface area contributed by atoms with Gasteiger partial charge in [-0.3, -0.25) is 14.4 Å². The molecule has 0 saturated carbocycles. The first-order valence-electron chi connectivity index (χ1n) is 20.9.